The zero-order valence-corrected chi connectivity index (χ0v) is 8.64. The van der Waals surface area contributed by atoms with Gasteiger partial charge < -0.3 is 5.32 Å². The first kappa shape index (κ1) is 10.9. The molecule has 0 spiro atoms. The molecular formula is C8H7Cl2N3O. The first-order valence-electron chi connectivity index (χ1n) is 3.73. The largest absolute Gasteiger partial charge is 0.348 e. The van der Waals surface area contributed by atoms with Crippen LogP contribution in [0.25, 0.3) is 0 Å². The predicted molar refractivity (Wildman–Crippen MR) is 54.6 cm³/mol. The number of hydrogen-bond donors (Lipinski definition) is 1. The molecule has 1 N–H and O–H groups in total. The summed E-state index contributed by atoms with van der Waals surface area (Å²) in [7, 11) is 0. The van der Waals surface area contributed by atoms with E-state index in [2.05, 4.69) is 22.1 Å². The van der Waals surface area contributed by atoms with Gasteiger partial charge in [0.05, 0.1) is 5.56 Å². The van der Waals surface area contributed by atoms with Crippen molar-refractivity contribution in [3.8, 4) is 0 Å². The summed E-state index contributed by atoms with van der Waals surface area (Å²) in [4.78, 5) is 11.4. The summed E-state index contributed by atoms with van der Waals surface area (Å²) in [5.74, 6) is -0.355. The van der Waals surface area contributed by atoms with Crippen molar-refractivity contribution < 1.29 is 4.79 Å². The van der Waals surface area contributed by atoms with Gasteiger partial charge in [-0.25, -0.2) is 0 Å². The summed E-state index contributed by atoms with van der Waals surface area (Å²) in [6.07, 6.45) is 1.56. The van der Waals surface area contributed by atoms with Crippen LogP contribution in [-0.2, 0) is 0 Å². The monoisotopic (exact) mass is 231 g/mol. The quantitative estimate of drug-likeness (QED) is 0.807. The SMILES string of the molecule is C=CCNC(=O)c1cc(Cl)nnc1Cl. The van der Waals surface area contributed by atoms with Crippen LogP contribution in [0, 0.1) is 0 Å². The molecule has 1 aromatic heterocycles. The van der Waals surface area contributed by atoms with Crippen LogP contribution in [0.4, 0.5) is 0 Å². The predicted octanol–water partition coefficient (Wildman–Crippen LogP) is 1.70. The Hall–Kier alpha value is -1.13. The topological polar surface area (TPSA) is 54.9 Å². The molecule has 14 heavy (non-hydrogen) atoms. The molecule has 1 aromatic rings. The number of carbonyl (C=O) groups is 1. The molecule has 4 nitrogen and oxygen atoms in total. The summed E-state index contributed by atoms with van der Waals surface area (Å²) in [5, 5.41) is 9.69. The van der Waals surface area contributed by atoms with E-state index in [1.54, 1.807) is 6.08 Å². The molecule has 0 saturated carbocycles. The number of rotatable bonds is 3. The minimum atomic E-state index is -0.355. The first-order valence-corrected chi connectivity index (χ1v) is 4.48. The Kier molecular flexibility index (Phi) is 3.85. The van der Waals surface area contributed by atoms with Gasteiger partial charge in [0.25, 0.3) is 5.91 Å². The van der Waals surface area contributed by atoms with Gasteiger partial charge in [-0.05, 0) is 6.07 Å². The van der Waals surface area contributed by atoms with Crippen molar-refractivity contribution in [3.63, 3.8) is 0 Å². The van der Waals surface area contributed by atoms with Crippen LogP contribution in [-0.4, -0.2) is 22.6 Å². The molecule has 1 amide bonds. The Morgan fingerprint density at radius 3 is 2.93 bits per heavy atom. The van der Waals surface area contributed by atoms with Crippen LogP contribution in [0.2, 0.25) is 10.3 Å². The molecule has 0 radical (unpaired) electrons. The van der Waals surface area contributed by atoms with Gasteiger partial charge in [0.1, 0.15) is 0 Å². The van der Waals surface area contributed by atoms with Gasteiger partial charge in [-0.1, -0.05) is 29.3 Å². The van der Waals surface area contributed by atoms with Crippen molar-refractivity contribution in [1.82, 2.24) is 15.5 Å². The number of hydrogen-bond acceptors (Lipinski definition) is 3. The third kappa shape index (κ3) is 2.68. The van der Waals surface area contributed by atoms with Gasteiger partial charge in [0.2, 0.25) is 0 Å². The molecule has 0 fully saturated rings. The van der Waals surface area contributed by atoms with E-state index in [9.17, 15) is 4.79 Å². The molecular weight excluding hydrogens is 225 g/mol. The van der Waals surface area contributed by atoms with Crippen molar-refractivity contribution in [1.29, 1.82) is 0 Å². The Labute approximate surface area is 90.9 Å². The minimum Gasteiger partial charge on any atom is -0.348 e. The lowest BCUT2D eigenvalue weighted by Gasteiger charge is -2.02. The van der Waals surface area contributed by atoms with E-state index in [1.165, 1.54) is 6.07 Å². The second-order valence-electron chi connectivity index (χ2n) is 2.37. The molecule has 74 valence electrons. The van der Waals surface area contributed by atoms with Gasteiger partial charge in [-0.3, -0.25) is 4.79 Å². The molecule has 0 aromatic carbocycles. The highest BCUT2D eigenvalue weighted by molar-refractivity contribution is 6.34. The first-order chi connectivity index (χ1) is 6.65. The fraction of sp³-hybridized carbons (Fsp3) is 0.125. The molecule has 0 aliphatic carbocycles. The van der Waals surface area contributed by atoms with Gasteiger partial charge in [-0.15, -0.1) is 16.8 Å². The molecule has 1 heterocycles. The Morgan fingerprint density at radius 1 is 1.57 bits per heavy atom. The van der Waals surface area contributed by atoms with E-state index in [1.807, 2.05) is 0 Å². The summed E-state index contributed by atoms with van der Waals surface area (Å²) in [5.41, 5.74) is 0.202. The van der Waals surface area contributed by atoms with E-state index in [0.29, 0.717) is 6.54 Å². The Bertz CT molecular complexity index is 368. The smallest absolute Gasteiger partial charge is 0.254 e. The highest BCUT2D eigenvalue weighted by Crippen LogP contribution is 2.14. The van der Waals surface area contributed by atoms with Crippen molar-refractivity contribution >= 4 is 29.1 Å². The fourth-order valence-electron chi connectivity index (χ4n) is 0.772. The maximum absolute atomic E-state index is 11.4. The van der Waals surface area contributed by atoms with Crippen LogP contribution >= 0.6 is 23.2 Å². The molecule has 0 unspecified atom stereocenters. The minimum absolute atomic E-state index is 0.0240. The third-order valence-electron chi connectivity index (χ3n) is 1.37. The van der Waals surface area contributed by atoms with E-state index >= 15 is 0 Å². The van der Waals surface area contributed by atoms with Gasteiger partial charge in [0.15, 0.2) is 10.3 Å². The number of carbonyl (C=O) groups excluding carboxylic acids is 1. The van der Waals surface area contributed by atoms with E-state index in [-0.39, 0.29) is 21.8 Å². The molecule has 0 bridgehead atoms. The van der Waals surface area contributed by atoms with Crippen molar-refractivity contribution in [2.24, 2.45) is 0 Å². The molecule has 0 atom stereocenters. The number of aromatic nitrogens is 2. The maximum atomic E-state index is 11.4. The van der Waals surface area contributed by atoms with Crippen LogP contribution in [0.1, 0.15) is 10.4 Å². The molecule has 0 aliphatic heterocycles. The van der Waals surface area contributed by atoms with Crippen LogP contribution in [0.3, 0.4) is 0 Å². The van der Waals surface area contributed by atoms with Gasteiger partial charge in [0, 0.05) is 6.54 Å². The number of nitrogens with zero attached hydrogens (tertiary/aromatic N) is 2. The summed E-state index contributed by atoms with van der Waals surface area (Å²) in [6, 6.07) is 1.36. The maximum Gasteiger partial charge on any atom is 0.254 e. The fourth-order valence-corrected chi connectivity index (χ4v) is 1.10. The lowest BCUT2D eigenvalue weighted by Crippen LogP contribution is -2.23. The molecule has 0 aliphatic rings. The zero-order valence-electron chi connectivity index (χ0n) is 7.13. The lowest BCUT2D eigenvalue weighted by molar-refractivity contribution is 0.0957. The average molecular weight is 232 g/mol. The summed E-state index contributed by atoms with van der Waals surface area (Å²) < 4.78 is 0. The van der Waals surface area contributed by atoms with Gasteiger partial charge >= 0.3 is 0 Å². The molecule has 6 heteroatoms. The van der Waals surface area contributed by atoms with Crippen molar-refractivity contribution in [2.45, 2.75) is 0 Å². The van der Waals surface area contributed by atoms with Crippen LogP contribution < -0.4 is 5.32 Å². The van der Waals surface area contributed by atoms with Crippen molar-refractivity contribution in [2.75, 3.05) is 6.54 Å². The summed E-state index contributed by atoms with van der Waals surface area (Å²) in [6.45, 7) is 3.82. The standard InChI is InChI=1S/C8H7Cl2N3O/c1-2-3-11-8(14)5-4-6(9)12-13-7(5)10/h2,4H,1,3H2,(H,11,14). The average Bonchev–Trinajstić information content (AvgIpc) is 2.18. The van der Waals surface area contributed by atoms with Crippen LogP contribution in [0.15, 0.2) is 18.7 Å². The second-order valence-corrected chi connectivity index (χ2v) is 3.12. The van der Waals surface area contributed by atoms with Crippen molar-refractivity contribution in [3.05, 3.63) is 34.6 Å². The Morgan fingerprint density at radius 2 is 2.29 bits per heavy atom. The number of nitrogens with one attached hydrogen (secondary N) is 1. The third-order valence-corrected chi connectivity index (χ3v) is 1.83. The van der Waals surface area contributed by atoms with E-state index in [0.717, 1.165) is 0 Å². The molecule has 0 saturated heterocycles. The molecule has 1 rings (SSSR count). The van der Waals surface area contributed by atoms with Gasteiger partial charge in [-0.2, -0.15) is 0 Å². The lowest BCUT2D eigenvalue weighted by atomic mass is 10.3. The second kappa shape index (κ2) is 4.93. The van der Waals surface area contributed by atoms with Crippen LogP contribution in [0.5, 0.6) is 0 Å². The summed E-state index contributed by atoms with van der Waals surface area (Å²) >= 11 is 11.2. The Balaban J connectivity index is 2.88. The van der Waals surface area contributed by atoms with E-state index < -0.39 is 0 Å². The zero-order chi connectivity index (χ0) is 10.6. The number of halogens is 2. The highest BCUT2D eigenvalue weighted by atomic mass is 35.5. The highest BCUT2D eigenvalue weighted by Gasteiger charge is 2.11. The number of amides is 1. The normalized spacial score (nSPS) is 9.57. The van der Waals surface area contributed by atoms with E-state index in [4.69, 9.17) is 23.2 Å².